The molecule has 0 amide bonds. The minimum absolute atomic E-state index is 0.350. The summed E-state index contributed by atoms with van der Waals surface area (Å²) < 4.78 is 0. The molecule has 0 aliphatic rings. The maximum atomic E-state index is 8.96. The second-order valence-electron chi connectivity index (χ2n) is 4.43. The molecule has 0 fully saturated rings. The summed E-state index contributed by atoms with van der Waals surface area (Å²) in [7, 11) is 0. The van der Waals surface area contributed by atoms with Gasteiger partial charge in [0, 0.05) is 10.6 Å². The number of aromatic nitrogens is 2. The number of nitrogens with two attached hydrogens (primary N) is 1. The Labute approximate surface area is 125 Å². The molecule has 0 aliphatic carbocycles. The van der Waals surface area contributed by atoms with Gasteiger partial charge in [-0.3, -0.25) is 5.43 Å². The van der Waals surface area contributed by atoms with Gasteiger partial charge in [-0.2, -0.15) is 10.2 Å². The van der Waals surface area contributed by atoms with Crippen LogP contribution in [0.5, 0.6) is 0 Å². The van der Waals surface area contributed by atoms with Crippen molar-refractivity contribution in [2.24, 2.45) is 5.84 Å². The number of nitriles is 1. The van der Waals surface area contributed by atoms with E-state index in [1.54, 1.807) is 23.5 Å². The van der Waals surface area contributed by atoms with Crippen LogP contribution in [0.2, 0.25) is 0 Å². The number of benzene rings is 1. The molecule has 104 valence electrons. The quantitative estimate of drug-likeness (QED) is 0.507. The number of hydrogen-bond donors (Lipinski definition) is 3. The topological polar surface area (TPSA) is 99.7 Å². The predicted octanol–water partition coefficient (Wildman–Crippen LogP) is 2.90. The Hall–Kier alpha value is -2.69. The van der Waals surface area contributed by atoms with E-state index < -0.39 is 0 Å². The van der Waals surface area contributed by atoms with Gasteiger partial charge in [0.05, 0.1) is 17.0 Å². The van der Waals surface area contributed by atoms with Crippen LogP contribution in [0.25, 0.3) is 10.2 Å². The lowest BCUT2D eigenvalue weighted by Gasteiger charge is -2.08. The van der Waals surface area contributed by atoms with E-state index in [9.17, 15) is 0 Å². The minimum Gasteiger partial charge on any atom is -0.339 e. The third-order valence-electron chi connectivity index (χ3n) is 2.90. The van der Waals surface area contributed by atoms with Gasteiger partial charge in [-0.25, -0.2) is 10.8 Å². The van der Waals surface area contributed by atoms with E-state index in [1.807, 2.05) is 25.1 Å². The summed E-state index contributed by atoms with van der Waals surface area (Å²) in [6.45, 7) is 2.02. The number of hydrazine groups is 1. The summed E-state index contributed by atoms with van der Waals surface area (Å²) in [6.07, 6.45) is 0. The molecule has 3 rings (SSSR count). The summed E-state index contributed by atoms with van der Waals surface area (Å²) in [5, 5.41) is 13.1. The second-order valence-corrected chi connectivity index (χ2v) is 5.67. The van der Waals surface area contributed by atoms with Gasteiger partial charge in [-0.05, 0) is 31.2 Å². The van der Waals surface area contributed by atoms with Crippen LogP contribution >= 0.6 is 11.3 Å². The van der Waals surface area contributed by atoms with Crippen molar-refractivity contribution in [3.8, 4) is 6.07 Å². The number of fused-ring (bicyclic) bond motifs is 1. The fourth-order valence-corrected chi connectivity index (χ4v) is 2.88. The van der Waals surface area contributed by atoms with E-state index in [-0.39, 0.29) is 0 Å². The van der Waals surface area contributed by atoms with Crippen LogP contribution < -0.4 is 16.6 Å². The number of thiophene rings is 1. The molecule has 4 N–H and O–H groups in total. The van der Waals surface area contributed by atoms with Crippen LogP contribution in [0.1, 0.15) is 10.4 Å². The van der Waals surface area contributed by atoms with Crippen molar-refractivity contribution in [2.75, 3.05) is 10.7 Å². The van der Waals surface area contributed by atoms with Crippen molar-refractivity contribution in [1.82, 2.24) is 9.97 Å². The first-order valence-electron chi connectivity index (χ1n) is 6.21. The fourth-order valence-electron chi connectivity index (χ4n) is 2.00. The molecule has 0 aliphatic heterocycles. The second kappa shape index (κ2) is 5.36. The molecule has 0 unspecified atom stereocenters. The number of nitrogens with zero attached hydrogens (tertiary/aromatic N) is 3. The Morgan fingerprint density at radius 2 is 2.14 bits per heavy atom. The zero-order valence-electron chi connectivity index (χ0n) is 11.2. The third kappa shape index (κ3) is 2.63. The number of nitrogen functional groups attached to an aromatic ring is 1. The molecule has 7 heteroatoms. The van der Waals surface area contributed by atoms with Crippen molar-refractivity contribution < 1.29 is 0 Å². The molecule has 0 saturated carbocycles. The number of rotatable bonds is 3. The standard InChI is InChI=1S/C14H12N6S/c1-8-5-11-12(18-14(20-16)19-13(11)21-8)17-10-4-2-3-9(6-10)7-15/h2-6H,16H2,1H3,(H2,17,18,19,20). The molecule has 2 aromatic heterocycles. The SMILES string of the molecule is Cc1cc2c(Nc3cccc(C#N)c3)nc(NN)nc2s1. The van der Waals surface area contributed by atoms with Crippen molar-refractivity contribution in [2.45, 2.75) is 6.92 Å². The average molecular weight is 296 g/mol. The smallest absolute Gasteiger partial charge is 0.240 e. The molecule has 0 bridgehead atoms. The average Bonchev–Trinajstić information content (AvgIpc) is 2.88. The predicted molar refractivity (Wildman–Crippen MR) is 84.4 cm³/mol. The summed E-state index contributed by atoms with van der Waals surface area (Å²) in [5.74, 6) is 6.42. The molecule has 0 saturated heterocycles. The van der Waals surface area contributed by atoms with Crippen molar-refractivity contribution in [1.29, 1.82) is 5.26 Å². The van der Waals surface area contributed by atoms with Crippen LogP contribution in [0.4, 0.5) is 17.5 Å². The Balaban J connectivity index is 2.08. The van der Waals surface area contributed by atoms with Crippen LogP contribution in [0, 0.1) is 18.3 Å². The number of anilines is 3. The molecule has 1 aromatic carbocycles. The van der Waals surface area contributed by atoms with E-state index >= 15 is 0 Å². The van der Waals surface area contributed by atoms with Crippen molar-refractivity contribution in [3.05, 3.63) is 40.8 Å². The largest absolute Gasteiger partial charge is 0.339 e. The van der Waals surface area contributed by atoms with Gasteiger partial charge in [0.2, 0.25) is 5.95 Å². The van der Waals surface area contributed by atoms with Crippen LogP contribution in [-0.4, -0.2) is 9.97 Å². The Morgan fingerprint density at radius 1 is 1.29 bits per heavy atom. The zero-order valence-corrected chi connectivity index (χ0v) is 12.0. The molecule has 3 aromatic rings. The lowest BCUT2D eigenvalue weighted by atomic mass is 10.2. The van der Waals surface area contributed by atoms with E-state index in [0.29, 0.717) is 17.3 Å². The van der Waals surface area contributed by atoms with Gasteiger partial charge in [0.15, 0.2) is 0 Å². The molecule has 0 spiro atoms. The van der Waals surface area contributed by atoms with Crippen molar-refractivity contribution >= 4 is 39.0 Å². The first-order chi connectivity index (χ1) is 10.2. The number of hydrogen-bond acceptors (Lipinski definition) is 7. The van der Waals surface area contributed by atoms with Gasteiger partial charge >= 0.3 is 0 Å². The van der Waals surface area contributed by atoms with Gasteiger partial charge in [0.25, 0.3) is 0 Å². The maximum Gasteiger partial charge on any atom is 0.240 e. The van der Waals surface area contributed by atoms with Gasteiger partial charge < -0.3 is 5.32 Å². The zero-order chi connectivity index (χ0) is 14.8. The fraction of sp³-hybridized carbons (Fsp3) is 0.0714. The molecule has 6 nitrogen and oxygen atoms in total. The normalized spacial score (nSPS) is 10.3. The Morgan fingerprint density at radius 3 is 2.90 bits per heavy atom. The highest BCUT2D eigenvalue weighted by atomic mass is 32.1. The number of nitrogens with one attached hydrogen (secondary N) is 2. The maximum absolute atomic E-state index is 8.96. The first kappa shape index (κ1) is 13.3. The molecular formula is C14H12N6S. The Bertz CT molecular complexity index is 848. The lowest BCUT2D eigenvalue weighted by molar-refractivity contribution is 1.16. The van der Waals surface area contributed by atoms with Crippen LogP contribution in [-0.2, 0) is 0 Å². The van der Waals surface area contributed by atoms with Gasteiger partial charge in [-0.1, -0.05) is 6.07 Å². The van der Waals surface area contributed by atoms with Crippen molar-refractivity contribution in [3.63, 3.8) is 0 Å². The monoisotopic (exact) mass is 296 g/mol. The summed E-state index contributed by atoms with van der Waals surface area (Å²) in [4.78, 5) is 10.7. The van der Waals surface area contributed by atoms with E-state index in [1.165, 1.54) is 0 Å². The highest BCUT2D eigenvalue weighted by molar-refractivity contribution is 7.18. The summed E-state index contributed by atoms with van der Waals surface area (Å²) in [5.41, 5.74) is 3.85. The van der Waals surface area contributed by atoms with Gasteiger partial charge in [-0.15, -0.1) is 11.3 Å². The molecule has 0 atom stereocenters. The summed E-state index contributed by atoms with van der Waals surface area (Å²) >= 11 is 1.58. The highest BCUT2D eigenvalue weighted by Crippen LogP contribution is 2.31. The van der Waals surface area contributed by atoms with E-state index in [4.69, 9.17) is 11.1 Å². The first-order valence-corrected chi connectivity index (χ1v) is 7.03. The lowest BCUT2D eigenvalue weighted by Crippen LogP contribution is -2.11. The van der Waals surface area contributed by atoms with E-state index in [0.717, 1.165) is 20.8 Å². The molecule has 21 heavy (non-hydrogen) atoms. The molecular weight excluding hydrogens is 284 g/mol. The van der Waals surface area contributed by atoms with Crippen LogP contribution in [0.3, 0.4) is 0 Å². The highest BCUT2D eigenvalue weighted by Gasteiger charge is 2.10. The third-order valence-corrected chi connectivity index (χ3v) is 3.84. The van der Waals surface area contributed by atoms with Crippen LogP contribution in [0.15, 0.2) is 30.3 Å². The number of aryl methyl sites for hydroxylation is 1. The van der Waals surface area contributed by atoms with Gasteiger partial charge in [0.1, 0.15) is 10.6 Å². The molecule has 2 heterocycles. The summed E-state index contributed by atoms with van der Waals surface area (Å²) in [6, 6.07) is 11.4. The Kier molecular flexibility index (Phi) is 3.39. The van der Waals surface area contributed by atoms with E-state index in [2.05, 4.69) is 26.8 Å². The minimum atomic E-state index is 0.350. The molecule has 0 radical (unpaired) electrons.